The van der Waals surface area contributed by atoms with Gasteiger partial charge in [-0.3, -0.25) is 9.78 Å². The smallest absolute Gasteiger partial charge is 0.314 e. The zero-order valence-corrected chi connectivity index (χ0v) is 9.74. The molecular formula is C12H14ClNO2. The van der Waals surface area contributed by atoms with Gasteiger partial charge in [0.05, 0.1) is 17.1 Å². The van der Waals surface area contributed by atoms with Crippen LogP contribution in [0, 0.1) is 5.92 Å². The number of ether oxygens (including phenoxy) is 1. The van der Waals surface area contributed by atoms with Gasteiger partial charge in [-0.05, 0) is 12.8 Å². The largest absolute Gasteiger partial charge is 0.425 e. The second kappa shape index (κ2) is 5.30. The van der Waals surface area contributed by atoms with Crippen LogP contribution in [0.15, 0.2) is 18.5 Å². The third-order valence-electron chi connectivity index (χ3n) is 2.84. The first-order chi connectivity index (χ1) is 7.75. The van der Waals surface area contributed by atoms with Gasteiger partial charge in [0.1, 0.15) is 0 Å². The molecule has 0 aromatic carbocycles. The van der Waals surface area contributed by atoms with Gasteiger partial charge in [-0.2, -0.15) is 0 Å². The Morgan fingerprint density at radius 1 is 1.31 bits per heavy atom. The lowest BCUT2D eigenvalue weighted by atomic mass is 9.89. The Hall–Kier alpha value is -1.09. The van der Waals surface area contributed by atoms with Gasteiger partial charge in [-0.15, -0.1) is 0 Å². The molecule has 1 aromatic heterocycles. The molecule has 1 fully saturated rings. The summed E-state index contributed by atoms with van der Waals surface area (Å²) in [6.07, 6.45) is 8.36. The summed E-state index contributed by atoms with van der Waals surface area (Å²) in [5.74, 6) is 0.333. The van der Waals surface area contributed by atoms with E-state index >= 15 is 0 Å². The molecule has 0 radical (unpaired) electrons. The van der Waals surface area contributed by atoms with Crippen molar-refractivity contribution in [3.63, 3.8) is 0 Å². The van der Waals surface area contributed by atoms with E-state index in [2.05, 4.69) is 4.98 Å². The molecule has 0 bridgehead atoms. The molecule has 86 valence electrons. The number of esters is 1. The number of hydrogen-bond donors (Lipinski definition) is 0. The van der Waals surface area contributed by atoms with Gasteiger partial charge < -0.3 is 4.74 Å². The third-order valence-corrected chi connectivity index (χ3v) is 3.04. The van der Waals surface area contributed by atoms with Crippen LogP contribution in [0.2, 0.25) is 5.02 Å². The predicted molar refractivity (Wildman–Crippen MR) is 61.5 cm³/mol. The average molecular weight is 240 g/mol. The van der Waals surface area contributed by atoms with Gasteiger partial charge in [-0.1, -0.05) is 30.9 Å². The summed E-state index contributed by atoms with van der Waals surface area (Å²) >= 11 is 5.76. The van der Waals surface area contributed by atoms with Gasteiger partial charge in [-0.25, -0.2) is 0 Å². The zero-order chi connectivity index (χ0) is 11.4. The minimum atomic E-state index is -0.149. The SMILES string of the molecule is O=C(Oc1cncc(Cl)c1)C1CCCCC1. The first-order valence-corrected chi connectivity index (χ1v) is 5.96. The van der Waals surface area contributed by atoms with Gasteiger partial charge in [0.2, 0.25) is 0 Å². The van der Waals surface area contributed by atoms with Crippen molar-refractivity contribution in [3.8, 4) is 5.75 Å². The van der Waals surface area contributed by atoms with Crippen LogP contribution in [0.4, 0.5) is 0 Å². The normalized spacial score (nSPS) is 17.1. The first-order valence-electron chi connectivity index (χ1n) is 5.58. The lowest BCUT2D eigenvalue weighted by molar-refractivity contribution is -0.140. The van der Waals surface area contributed by atoms with E-state index in [0.29, 0.717) is 10.8 Å². The Kier molecular flexibility index (Phi) is 3.78. The summed E-state index contributed by atoms with van der Waals surface area (Å²) in [5, 5.41) is 0.481. The molecule has 1 aromatic rings. The quantitative estimate of drug-likeness (QED) is 0.744. The number of carbonyl (C=O) groups excluding carboxylic acids is 1. The van der Waals surface area contributed by atoms with Crippen LogP contribution in [-0.4, -0.2) is 11.0 Å². The number of nitrogens with zero attached hydrogens (tertiary/aromatic N) is 1. The summed E-state index contributed by atoms with van der Waals surface area (Å²) in [5.41, 5.74) is 0. The predicted octanol–water partition coefficient (Wildman–Crippen LogP) is 3.22. The van der Waals surface area contributed by atoms with Crippen LogP contribution in [0.25, 0.3) is 0 Å². The van der Waals surface area contributed by atoms with Crippen LogP contribution in [0.5, 0.6) is 5.75 Å². The molecule has 1 saturated carbocycles. The van der Waals surface area contributed by atoms with Crippen molar-refractivity contribution in [2.75, 3.05) is 0 Å². The summed E-state index contributed by atoms with van der Waals surface area (Å²) in [4.78, 5) is 15.7. The van der Waals surface area contributed by atoms with E-state index in [0.717, 1.165) is 25.7 Å². The van der Waals surface area contributed by atoms with E-state index in [1.807, 2.05) is 0 Å². The van der Waals surface area contributed by atoms with E-state index < -0.39 is 0 Å². The molecule has 1 aliphatic rings. The number of pyridine rings is 1. The molecule has 0 amide bonds. The lowest BCUT2D eigenvalue weighted by Crippen LogP contribution is -2.22. The van der Waals surface area contributed by atoms with Gasteiger partial charge in [0, 0.05) is 12.3 Å². The lowest BCUT2D eigenvalue weighted by Gasteiger charge is -2.19. The van der Waals surface area contributed by atoms with Crippen molar-refractivity contribution in [1.29, 1.82) is 0 Å². The maximum absolute atomic E-state index is 11.8. The van der Waals surface area contributed by atoms with Crippen molar-refractivity contribution in [2.24, 2.45) is 5.92 Å². The van der Waals surface area contributed by atoms with Gasteiger partial charge in [0.25, 0.3) is 0 Å². The fourth-order valence-corrected chi connectivity index (χ4v) is 2.15. The van der Waals surface area contributed by atoms with Crippen LogP contribution in [0.1, 0.15) is 32.1 Å². The highest BCUT2D eigenvalue weighted by Crippen LogP contribution is 2.25. The van der Waals surface area contributed by atoms with Crippen molar-refractivity contribution in [3.05, 3.63) is 23.5 Å². The Morgan fingerprint density at radius 2 is 2.06 bits per heavy atom. The summed E-state index contributed by atoms with van der Waals surface area (Å²) in [6.45, 7) is 0. The molecule has 0 unspecified atom stereocenters. The summed E-state index contributed by atoms with van der Waals surface area (Å²) in [6, 6.07) is 1.61. The number of aromatic nitrogens is 1. The van der Waals surface area contributed by atoms with E-state index in [4.69, 9.17) is 16.3 Å². The molecule has 1 heterocycles. The number of carbonyl (C=O) groups is 1. The Morgan fingerprint density at radius 3 is 2.75 bits per heavy atom. The van der Waals surface area contributed by atoms with Crippen molar-refractivity contribution >= 4 is 17.6 Å². The highest BCUT2D eigenvalue weighted by Gasteiger charge is 2.22. The number of hydrogen-bond acceptors (Lipinski definition) is 3. The molecule has 4 heteroatoms. The van der Waals surface area contributed by atoms with Gasteiger partial charge >= 0.3 is 5.97 Å². The highest BCUT2D eigenvalue weighted by atomic mass is 35.5. The topological polar surface area (TPSA) is 39.2 Å². The maximum atomic E-state index is 11.8. The molecule has 2 rings (SSSR count). The van der Waals surface area contributed by atoms with Crippen LogP contribution in [0.3, 0.4) is 0 Å². The van der Waals surface area contributed by atoms with Crippen molar-refractivity contribution in [1.82, 2.24) is 4.98 Å². The van der Waals surface area contributed by atoms with Crippen molar-refractivity contribution < 1.29 is 9.53 Å². The summed E-state index contributed by atoms with van der Waals surface area (Å²) < 4.78 is 5.25. The second-order valence-electron chi connectivity index (χ2n) is 4.09. The Balaban J connectivity index is 1.96. The monoisotopic (exact) mass is 239 g/mol. The molecule has 0 saturated heterocycles. The first kappa shape index (κ1) is 11.4. The average Bonchev–Trinajstić information content (AvgIpc) is 2.30. The Labute approximate surface area is 99.8 Å². The zero-order valence-electron chi connectivity index (χ0n) is 8.99. The third kappa shape index (κ3) is 2.95. The van der Waals surface area contributed by atoms with E-state index in [1.165, 1.54) is 18.8 Å². The van der Waals surface area contributed by atoms with Crippen molar-refractivity contribution in [2.45, 2.75) is 32.1 Å². The molecule has 1 aliphatic carbocycles. The molecule has 0 atom stereocenters. The van der Waals surface area contributed by atoms with E-state index in [9.17, 15) is 4.79 Å². The molecular weight excluding hydrogens is 226 g/mol. The number of rotatable bonds is 2. The van der Waals surface area contributed by atoms with Crippen LogP contribution >= 0.6 is 11.6 Å². The minimum Gasteiger partial charge on any atom is -0.425 e. The van der Waals surface area contributed by atoms with E-state index in [-0.39, 0.29) is 11.9 Å². The van der Waals surface area contributed by atoms with Crippen LogP contribution in [-0.2, 0) is 4.79 Å². The molecule has 0 aliphatic heterocycles. The Bertz CT molecular complexity index is 375. The second-order valence-corrected chi connectivity index (χ2v) is 4.53. The fraction of sp³-hybridized carbons (Fsp3) is 0.500. The number of halogens is 1. The molecule has 3 nitrogen and oxygen atoms in total. The molecule has 16 heavy (non-hydrogen) atoms. The van der Waals surface area contributed by atoms with Gasteiger partial charge in [0.15, 0.2) is 5.75 Å². The van der Waals surface area contributed by atoms with Crippen LogP contribution < -0.4 is 4.74 Å². The minimum absolute atomic E-state index is 0.0488. The standard InChI is InChI=1S/C12H14ClNO2/c13-10-6-11(8-14-7-10)16-12(15)9-4-2-1-3-5-9/h6-9H,1-5H2. The molecule has 0 spiro atoms. The maximum Gasteiger partial charge on any atom is 0.314 e. The fourth-order valence-electron chi connectivity index (χ4n) is 1.99. The summed E-state index contributed by atoms with van der Waals surface area (Å²) in [7, 11) is 0. The van der Waals surface area contributed by atoms with E-state index in [1.54, 1.807) is 6.07 Å². The highest BCUT2D eigenvalue weighted by molar-refractivity contribution is 6.30. The molecule has 0 N–H and O–H groups in total.